The Labute approximate surface area is 135 Å². The van der Waals surface area contributed by atoms with Crippen LogP contribution >= 0.6 is 31.9 Å². The van der Waals surface area contributed by atoms with Crippen LogP contribution < -0.4 is 0 Å². The van der Waals surface area contributed by atoms with E-state index >= 15 is 0 Å². The first-order chi connectivity index (χ1) is 10.0. The van der Waals surface area contributed by atoms with Gasteiger partial charge in [0.05, 0.1) is 4.47 Å². The second kappa shape index (κ2) is 5.57. The monoisotopic (exact) mass is 412 g/mol. The molecule has 1 N–H and O–H groups in total. The Bertz CT molecular complexity index is 800. The first kappa shape index (κ1) is 14.2. The molecule has 0 saturated carbocycles. The van der Waals surface area contributed by atoms with Crippen molar-refractivity contribution in [3.8, 4) is 28.6 Å². The third kappa shape index (κ3) is 2.98. The van der Waals surface area contributed by atoms with Crippen molar-refractivity contribution in [1.82, 2.24) is 10.1 Å². The maximum atomic E-state index is 13.4. The summed E-state index contributed by atoms with van der Waals surface area (Å²) in [4.78, 5) is 4.21. The van der Waals surface area contributed by atoms with E-state index in [1.807, 2.05) is 0 Å². The van der Waals surface area contributed by atoms with Gasteiger partial charge in [-0.1, -0.05) is 21.1 Å². The number of phenols is 1. The van der Waals surface area contributed by atoms with E-state index in [9.17, 15) is 9.50 Å². The van der Waals surface area contributed by atoms with Gasteiger partial charge < -0.3 is 9.63 Å². The molecule has 3 aromatic rings. The fraction of sp³-hybridized carbons (Fsp3) is 0. The Morgan fingerprint density at radius 3 is 2.57 bits per heavy atom. The molecule has 0 unspecified atom stereocenters. The molecule has 0 radical (unpaired) electrons. The van der Waals surface area contributed by atoms with E-state index in [0.717, 1.165) is 0 Å². The Hall–Kier alpha value is -1.73. The van der Waals surface area contributed by atoms with Gasteiger partial charge in [-0.2, -0.15) is 4.98 Å². The van der Waals surface area contributed by atoms with E-state index in [4.69, 9.17) is 4.52 Å². The molecule has 0 aliphatic heterocycles. The highest BCUT2D eigenvalue weighted by Gasteiger charge is 2.13. The van der Waals surface area contributed by atoms with Gasteiger partial charge in [0, 0.05) is 15.6 Å². The zero-order valence-corrected chi connectivity index (χ0v) is 13.5. The molecular formula is C14H7Br2FN2O2. The summed E-state index contributed by atoms with van der Waals surface area (Å²) in [5.41, 5.74) is 1.07. The Kier molecular flexibility index (Phi) is 3.77. The van der Waals surface area contributed by atoms with Gasteiger partial charge in [-0.15, -0.1) is 0 Å². The second-order valence-corrected chi connectivity index (χ2v) is 6.02. The third-order valence-electron chi connectivity index (χ3n) is 2.74. The Morgan fingerprint density at radius 2 is 1.86 bits per heavy atom. The summed E-state index contributed by atoms with van der Waals surface area (Å²) in [5, 5.41) is 13.5. The topological polar surface area (TPSA) is 59.2 Å². The molecule has 0 amide bonds. The van der Waals surface area contributed by atoms with Crippen LogP contribution in [0.2, 0.25) is 0 Å². The Balaban J connectivity index is 2.01. The molecule has 0 fully saturated rings. The zero-order valence-electron chi connectivity index (χ0n) is 10.3. The summed E-state index contributed by atoms with van der Waals surface area (Å²) in [6, 6.07) is 9.26. The standard InChI is InChI=1S/C14H7Br2FN2O2/c15-9-3-8(4-10(17)6-9)13-18-14(21-19-13)7-1-2-11(16)12(20)5-7/h1-6,20H. The van der Waals surface area contributed by atoms with E-state index in [-0.39, 0.29) is 17.5 Å². The number of hydrogen-bond donors (Lipinski definition) is 1. The van der Waals surface area contributed by atoms with Crippen LogP contribution in [-0.2, 0) is 0 Å². The van der Waals surface area contributed by atoms with Gasteiger partial charge in [0.15, 0.2) is 0 Å². The van der Waals surface area contributed by atoms with Gasteiger partial charge in [-0.25, -0.2) is 4.39 Å². The molecular weight excluding hydrogens is 407 g/mol. The minimum Gasteiger partial charge on any atom is -0.507 e. The minimum atomic E-state index is -0.396. The van der Waals surface area contributed by atoms with Crippen molar-refractivity contribution >= 4 is 31.9 Å². The van der Waals surface area contributed by atoms with Crippen molar-refractivity contribution in [3.05, 3.63) is 51.2 Å². The first-order valence-electron chi connectivity index (χ1n) is 5.82. The molecule has 0 bridgehead atoms. The highest BCUT2D eigenvalue weighted by Crippen LogP contribution is 2.30. The molecule has 1 heterocycles. The Morgan fingerprint density at radius 1 is 1.05 bits per heavy atom. The van der Waals surface area contributed by atoms with E-state index in [1.54, 1.807) is 18.2 Å². The lowest BCUT2D eigenvalue weighted by molar-refractivity contribution is 0.431. The van der Waals surface area contributed by atoms with Gasteiger partial charge in [0.25, 0.3) is 5.89 Å². The number of benzene rings is 2. The highest BCUT2D eigenvalue weighted by molar-refractivity contribution is 9.10. The van der Waals surface area contributed by atoms with E-state index in [2.05, 4.69) is 42.0 Å². The van der Waals surface area contributed by atoms with Crippen molar-refractivity contribution in [3.63, 3.8) is 0 Å². The van der Waals surface area contributed by atoms with E-state index in [1.165, 1.54) is 18.2 Å². The molecule has 7 heteroatoms. The SMILES string of the molecule is Oc1cc(-c2nc(-c3cc(F)cc(Br)c3)no2)ccc1Br. The highest BCUT2D eigenvalue weighted by atomic mass is 79.9. The molecule has 1 aromatic heterocycles. The lowest BCUT2D eigenvalue weighted by Gasteiger charge is -1.98. The molecule has 4 nitrogen and oxygen atoms in total. The normalized spacial score (nSPS) is 10.8. The number of hydrogen-bond acceptors (Lipinski definition) is 4. The van der Waals surface area contributed by atoms with Crippen molar-refractivity contribution < 1.29 is 14.0 Å². The molecule has 2 aromatic carbocycles. The molecule has 106 valence electrons. The lowest BCUT2D eigenvalue weighted by Crippen LogP contribution is -1.84. The summed E-state index contributed by atoms with van der Waals surface area (Å²) in [6.07, 6.45) is 0. The second-order valence-electron chi connectivity index (χ2n) is 4.25. The maximum Gasteiger partial charge on any atom is 0.258 e. The molecule has 0 aliphatic carbocycles. The summed E-state index contributed by atoms with van der Waals surface area (Å²) in [6.45, 7) is 0. The van der Waals surface area contributed by atoms with Crippen LogP contribution in [0.25, 0.3) is 22.8 Å². The van der Waals surface area contributed by atoms with Crippen LogP contribution in [0.4, 0.5) is 4.39 Å². The van der Waals surface area contributed by atoms with Gasteiger partial charge in [-0.3, -0.25) is 0 Å². The zero-order chi connectivity index (χ0) is 15.0. The van der Waals surface area contributed by atoms with Crippen LogP contribution in [-0.4, -0.2) is 15.2 Å². The smallest absolute Gasteiger partial charge is 0.258 e. The molecule has 3 rings (SSSR count). The maximum absolute atomic E-state index is 13.4. The number of aromatic hydroxyl groups is 1. The minimum absolute atomic E-state index is 0.0701. The van der Waals surface area contributed by atoms with Gasteiger partial charge in [-0.05, 0) is 52.3 Å². The molecule has 0 spiro atoms. The molecule has 0 saturated heterocycles. The number of rotatable bonds is 2. The largest absolute Gasteiger partial charge is 0.507 e. The fourth-order valence-electron chi connectivity index (χ4n) is 1.79. The number of phenolic OH excluding ortho intramolecular Hbond substituents is 1. The van der Waals surface area contributed by atoms with Gasteiger partial charge >= 0.3 is 0 Å². The van der Waals surface area contributed by atoms with Crippen LogP contribution in [0.5, 0.6) is 5.75 Å². The van der Waals surface area contributed by atoms with E-state index in [0.29, 0.717) is 20.1 Å². The summed E-state index contributed by atoms with van der Waals surface area (Å²) >= 11 is 6.41. The van der Waals surface area contributed by atoms with E-state index < -0.39 is 5.82 Å². The number of aromatic nitrogens is 2. The van der Waals surface area contributed by atoms with Gasteiger partial charge in [0.1, 0.15) is 11.6 Å². The molecule has 0 aliphatic rings. The first-order valence-corrected chi connectivity index (χ1v) is 7.40. The predicted molar refractivity (Wildman–Crippen MR) is 82.2 cm³/mol. The van der Waals surface area contributed by atoms with Crippen molar-refractivity contribution in [2.75, 3.05) is 0 Å². The summed E-state index contributed by atoms with van der Waals surface area (Å²) in [5.74, 6) is 0.188. The quantitative estimate of drug-likeness (QED) is 0.657. The van der Waals surface area contributed by atoms with Crippen molar-refractivity contribution in [2.45, 2.75) is 0 Å². The number of halogens is 3. The van der Waals surface area contributed by atoms with Crippen LogP contribution in [0.3, 0.4) is 0 Å². The molecule has 0 atom stereocenters. The number of nitrogens with zero attached hydrogens (tertiary/aromatic N) is 2. The lowest BCUT2D eigenvalue weighted by atomic mass is 10.2. The van der Waals surface area contributed by atoms with Crippen molar-refractivity contribution in [1.29, 1.82) is 0 Å². The molecule has 21 heavy (non-hydrogen) atoms. The van der Waals surface area contributed by atoms with Crippen LogP contribution in [0, 0.1) is 5.82 Å². The average molecular weight is 414 g/mol. The van der Waals surface area contributed by atoms with Gasteiger partial charge in [0.2, 0.25) is 5.82 Å². The summed E-state index contributed by atoms with van der Waals surface area (Å²) < 4.78 is 19.7. The predicted octanol–water partition coefficient (Wildman–Crippen LogP) is 4.77. The van der Waals surface area contributed by atoms with Crippen LogP contribution in [0.1, 0.15) is 0 Å². The van der Waals surface area contributed by atoms with Crippen molar-refractivity contribution in [2.24, 2.45) is 0 Å². The fourth-order valence-corrected chi connectivity index (χ4v) is 2.50. The van der Waals surface area contributed by atoms with Crippen LogP contribution in [0.15, 0.2) is 49.9 Å². The average Bonchev–Trinajstić information content (AvgIpc) is 2.90. The summed E-state index contributed by atoms with van der Waals surface area (Å²) in [7, 11) is 0. The third-order valence-corrected chi connectivity index (χ3v) is 3.87.